The van der Waals surface area contributed by atoms with Gasteiger partial charge >= 0.3 is 0 Å². The van der Waals surface area contributed by atoms with Crippen LogP contribution >= 0.6 is 0 Å². The van der Waals surface area contributed by atoms with Crippen molar-refractivity contribution in [2.75, 3.05) is 30.3 Å². The molecule has 0 aliphatic rings. The molecule has 0 radical (unpaired) electrons. The van der Waals surface area contributed by atoms with E-state index in [0.717, 1.165) is 12.8 Å². The van der Waals surface area contributed by atoms with Crippen molar-refractivity contribution in [3.8, 4) is 0 Å². The number of anilines is 2. The molecule has 0 atom stereocenters. The van der Waals surface area contributed by atoms with Crippen molar-refractivity contribution >= 4 is 29.1 Å². The average molecular weight is 396 g/mol. The van der Waals surface area contributed by atoms with Crippen molar-refractivity contribution in [3.05, 3.63) is 59.7 Å². The van der Waals surface area contributed by atoms with Crippen molar-refractivity contribution in [2.24, 2.45) is 0 Å². The van der Waals surface area contributed by atoms with E-state index in [1.165, 1.54) is 0 Å². The second-order valence-corrected chi connectivity index (χ2v) is 6.53. The largest absolute Gasteiger partial charge is 0.376 e. The van der Waals surface area contributed by atoms with Crippen molar-refractivity contribution in [1.29, 1.82) is 0 Å². The molecule has 4 N–H and O–H groups in total. The molecule has 0 aliphatic heterocycles. The monoisotopic (exact) mass is 396 g/mol. The Bertz CT molecular complexity index is 851. The first-order valence-electron chi connectivity index (χ1n) is 9.83. The zero-order valence-electron chi connectivity index (χ0n) is 16.9. The number of unbranched alkanes of at least 4 members (excludes halogenated alkanes) is 1. The summed E-state index contributed by atoms with van der Waals surface area (Å²) in [4.78, 5) is 36.3. The fourth-order valence-electron chi connectivity index (χ4n) is 2.64. The van der Waals surface area contributed by atoms with Gasteiger partial charge in [0.15, 0.2) is 0 Å². The first-order valence-corrected chi connectivity index (χ1v) is 9.83. The van der Waals surface area contributed by atoms with Crippen LogP contribution in [0.15, 0.2) is 48.5 Å². The lowest BCUT2D eigenvalue weighted by Crippen LogP contribution is -2.25. The topological polar surface area (TPSA) is 99.3 Å². The molecule has 7 heteroatoms. The van der Waals surface area contributed by atoms with Gasteiger partial charge in [-0.1, -0.05) is 25.5 Å². The van der Waals surface area contributed by atoms with Gasteiger partial charge < -0.3 is 21.3 Å². The predicted molar refractivity (Wildman–Crippen MR) is 115 cm³/mol. The zero-order chi connectivity index (χ0) is 21.1. The Morgan fingerprint density at radius 3 is 2.10 bits per heavy atom. The number of rotatable bonds is 10. The van der Waals surface area contributed by atoms with Crippen LogP contribution in [0, 0.1) is 0 Å². The SMILES string of the molecule is CCCCNC(=O)c1cccc(NCC(=O)Nc2cccc(C(=O)NCC)c2)c1. The lowest BCUT2D eigenvalue weighted by molar-refractivity contribution is -0.114. The summed E-state index contributed by atoms with van der Waals surface area (Å²) in [5.74, 6) is -0.569. The number of hydrogen-bond acceptors (Lipinski definition) is 4. The summed E-state index contributed by atoms with van der Waals surface area (Å²) < 4.78 is 0. The van der Waals surface area contributed by atoms with Gasteiger partial charge in [0.05, 0.1) is 6.54 Å². The third-order valence-corrected chi connectivity index (χ3v) is 4.14. The summed E-state index contributed by atoms with van der Waals surface area (Å²) in [6.45, 7) is 5.13. The Kier molecular flexibility index (Phi) is 8.69. The standard InChI is InChI=1S/C22H28N4O3/c1-3-5-12-24-22(29)16-8-6-10-18(13-16)25-15-20(27)26-19-11-7-9-17(14-19)21(28)23-4-2/h6-11,13-14,25H,3-5,12,15H2,1-2H3,(H,23,28)(H,24,29)(H,26,27). The normalized spacial score (nSPS) is 10.1. The van der Waals surface area contributed by atoms with Crippen molar-refractivity contribution in [2.45, 2.75) is 26.7 Å². The summed E-state index contributed by atoms with van der Waals surface area (Å²) in [5.41, 5.74) is 2.25. The van der Waals surface area contributed by atoms with Gasteiger partial charge in [-0.2, -0.15) is 0 Å². The van der Waals surface area contributed by atoms with Crippen LogP contribution < -0.4 is 21.3 Å². The smallest absolute Gasteiger partial charge is 0.251 e. The van der Waals surface area contributed by atoms with E-state index < -0.39 is 0 Å². The van der Waals surface area contributed by atoms with Crippen molar-refractivity contribution in [3.63, 3.8) is 0 Å². The van der Waals surface area contributed by atoms with Gasteiger partial charge in [0, 0.05) is 35.6 Å². The van der Waals surface area contributed by atoms with Crippen LogP contribution in [0.4, 0.5) is 11.4 Å². The van der Waals surface area contributed by atoms with Gasteiger partial charge in [0.25, 0.3) is 11.8 Å². The van der Waals surface area contributed by atoms with Crippen LogP contribution in [0.3, 0.4) is 0 Å². The Hall–Kier alpha value is -3.35. The van der Waals surface area contributed by atoms with E-state index in [4.69, 9.17) is 0 Å². The lowest BCUT2D eigenvalue weighted by Gasteiger charge is -2.10. The van der Waals surface area contributed by atoms with E-state index >= 15 is 0 Å². The third kappa shape index (κ3) is 7.29. The maximum Gasteiger partial charge on any atom is 0.251 e. The number of carbonyl (C=O) groups is 3. The second kappa shape index (κ2) is 11.5. The van der Waals surface area contributed by atoms with Gasteiger partial charge in [0.2, 0.25) is 5.91 Å². The fourth-order valence-corrected chi connectivity index (χ4v) is 2.64. The second-order valence-electron chi connectivity index (χ2n) is 6.53. The molecule has 0 fully saturated rings. The van der Waals surface area contributed by atoms with E-state index in [1.807, 2.05) is 6.92 Å². The maximum atomic E-state index is 12.2. The summed E-state index contributed by atoms with van der Waals surface area (Å²) in [5, 5.41) is 11.4. The average Bonchev–Trinajstić information content (AvgIpc) is 2.73. The Balaban J connectivity index is 1.89. The molecule has 0 aromatic heterocycles. The number of amides is 3. The summed E-state index contributed by atoms with van der Waals surface area (Å²) in [6.07, 6.45) is 1.95. The number of carbonyl (C=O) groups excluding carboxylic acids is 3. The highest BCUT2D eigenvalue weighted by atomic mass is 16.2. The molecule has 154 valence electrons. The first-order chi connectivity index (χ1) is 14.0. The lowest BCUT2D eigenvalue weighted by atomic mass is 10.2. The molecule has 0 aliphatic carbocycles. The van der Waals surface area contributed by atoms with E-state index in [2.05, 4.69) is 28.2 Å². The van der Waals surface area contributed by atoms with Gasteiger partial charge in [-0.3, -0.25) is 14.4 Å². The number of benzene rings is 2. The highest BCUT2D eigenvalue weighted by molar-refractivity contribution is 5.98. The fraction of sp³-hybridized carbons (Fsp3) is 0.318. The summed E-state index contributed by atoms with van der Waals surface area (Å²) in [7, 11) is 0. The molecule has 0 saturated heterocycles. The Labute approximate surface area is 171 Å². The predicted octanol–water partition coefficient (Wildman–Crippen LogP) is 3.02. The minimum absolute atomic E-state index is 0.0340. The molecular formula is C22H28N4O3. The molecule has 2 rings (SSSR count). The van der Waals surface area contributed by atoms with Crippen LogP contribution in [0.1, 0.15) is 47.4 Å². The molecule has 0 bridgehead atoms. The number of hydrogen-bond donors (Lipinski definition) is 4. The molecule has 0 heterocycles. The molecule has 3 amide bonds. The third-order valence-electron chi connectivity index (χ3n) is 4.14. The first kappa shape index (κ1) is 21.9. The molecule has 7 nitrogen and oxygen atoms in total. The number of nitrogens with one attached hydrogen (secondary N) is 4. The minimum atomic E-state index is -0.254. The van der Waals surface area contributed by atoms with Gasteiger partial charge in [-0.25, -0.2) is 0 Å². The van der Waals surface area contributed by atoms with Crippen LogP contribution in [0.25, 0.3) is 0 Å². The van der Waals surface area contributed by atoms with Gasteiger partial charge in [-0.05, 0) is 49.7 Å². The molecule has 2 aromatic rings. The van der Waals surface area contributed by atoms with E-state index in [9.17, 15) is 14.4 Å². The minimum Gasteiger partial charge on any atom is -0.376 e. The molecule has 0 saturated carbocycles. The molecule has 29 heavy (non-hydrogen) atoms. The zero-order valence-corrected chi connectivity index (χ0v) is 16.9. The van der Waals surface area contributed by atoms with Crippen LogP contribution in [0.5, 0.6) is 0 Å². The molecule has 2 aromatic carbocycles. The van der Waals surface area contributed by atoms with Crippen LogP contribution in [-0.2, 0) is 4.79 Å². The van der Waals surface area contributed by atoms with Gasteiger partial charge in [-0.15, -0.1) is 0 Å². The maximum absolute atomic E-state index is 12.2. The Morgan fingerprint density at radius 1 is 0.828 bits per heavy atom. The summed E-state index contributed by atoms with van der Waals surface area (Å²) >= 11 is 0. The van der Waals surface area contributed by atoms with E-state index in [0.29, 0.717) is 35.6 Å². The highest BCUT2D eigenvalue weighted by Gasteiger charge is 2.09. The van der Waals surface area contributed by atoms with Crippen LogP contribution in [0.2, 0.25) is 0 Å². The van der Waals surface area contributed by atoms with Gasteiger partial charge in [0.1, 0.15) is 0 Å². The summed E-state index contributed by atoms with van der Waals surface area (Å²) in [6, 6.07) is 13.8. The van der Waals surface area contributed by atoms with Crippen LogP contribution in [-0.4, -0.2) is 37.4 Å². The molecule has 0 spiro atoms. The highest BCUT2D eigenvalue weighted by Crippen LogP contribution is 2.12. The van der Waals surface area contributed by atoms with E-state index in [-0.39, 0.29) is 24.3 Å². The van der Waals surface area contributed by atoms with E-state index in [1.54, 1.807) is 48.5 Å². The Morgan fingerprint density at radius 2 is 1.45 bits per heavy atom. The molecular weight excluding hydrogens is 368 g/mol. The molecule has 0 unspecified atom stereocenters. The van der Waals surface area contributed by atoms with Crippen molar-refractivity contribution in [1.82, 2.24) is 10.6 Å². The van der Waals surface area contributed by atoms with Crippen molar-refractivity contribution < 1.29 is 14.4 Å². The quantitative estimate of drug-likeness (QED) is 0.464.